The highest BCUT2D eigenvalue weighted by Crippen LogP contribution is 2.15. The Balaban J connectivity index is 3.76. The van der Waals surface area contributed by atoms with Gasteiger partial charge < -0.3 is 4.43 Å². The fourth-order valence-electron chi connectivity index (χ4n) is 1.35. The largest absolute Gasteiger partial charge is 0.529 e. The predicted molar refractivity (Wildman–Crippen MR) is 54.0 cm³/mol. The molecule has 0 amide bonds. The zero-order valence-corrected chi connectivity index (χ0v) is 10.4. The summed E-state index contributed by atoms with van der Waals surface area (Å²) in [5.41, 5.74) is 0. The van der Waals surface area contributed by atoms with Crippen LogP contribution in [0.4, 0.5) is 0 Å². The number of hydrogen-bond donors (Lipinski definition) is 0. The molecule has 0 saturated heterocycles. The van der Waals surface area contributed by atoms with Crippen LogP contribution >= 0.6 is 0 Å². The normalized spacial score (nSPS) is 12.8. The second-order valence-electron chi connectivity index (χ2n) is 3.15. The third-order valence-electron chi connectivity index (χ3n) is 2.08. The van der Waals surface area contributed by atoms with Gasteiger partial charge >= 0.3 is 0 Å². The van der Waals surface area contributed by atoms with Gasteiger partial charge in [0.2, 0.25) is 10.5 Å². The Kier molecular flexibility index (Phi) is 7.15. The lowest BCUT2D eigenvalue weighted by Crippen LogP contribution is -2.16. The van der Waals surface area contributed by atoms with E-state index in [1.165, 1.54) is 0 Å². The van der Waals surface area contributed by atoms with Crippen LogP contribution in [-0.4, -0.2) is 16.5 Å². The van der Waals surface area contributed by atoms with Crippen LogP contribution in [0.2, 0.25) is 0 Å². The molecule has 1 atom stereocenters. The van der Waals surface area contributed by atoms with Gasteiger partial charge in [0, 0.05) is 0 Å². The molecule has 0 bridgehead atoms. The Hall–Kier alpha value is -0.313. The highest BCUT2D eigenvalue weighted by Gasteiger charge is 2.16. The summed E-state index contributed by atoms with van der Waals surface area (Å²) in [7, 11) is 0.537. The molecule has 0 heterocycles. The molecule has 0 fully saturated rings. The molecule has 1 unspecified atom stereocenters. The van der Waals surface area contributed by atoms with Crippen molar-refractivity contribution in [3.63, 3.8) is 0 Å². The Bertz CT molecular complexity index is 126. The standard InChI is InChI=1S/C9H20O2Si/c1-3-5-7-8(6-4-2)9(10)11-12/h8H,3-7H2,1-2,12H3. The quantitative estimate of drug-likeness (QED) is 0.589. The topological polar surface area (TPSA) is 26.3 Å². The molecule has 0 spiro atoms. The summed E-state index contributed by atoms with van der Waals surface area (Å²) < 4.78 is 4.86. The van der Waals surface area contributed by atoms with Crippen LogP contribution in [0.25, 0.3) is 0 Å². The van der Waals surface area contributed by atoms with Crippen LogP contribution in [0, 0.1) is 5.92 Å². The van der Waals surface area contributed by atoms with E-state index in [0.29, 0.717) is 10.5 Å². The van der Waals surface area contributed by atoms with Gasteiger partial charge in [-0.25, -0.2) is 0 Å². The van der Waals surface area contributed by atoms with E-state index in [4.69, 9.17) is 4.43 Å². The van der Waals surface area contributed by atoms with E-state index in [1.54, 1.807) is 0 Å². The van der Waals surface area contributed by atoms with E-state index in [-0.39, 0.29) is 11.9 Å². The van der Waals surface area contributed by atoms with E-state index in [0.717, 1.165) is 32.1 Å². The maximum Gasteiger partial charge on any atom is 0.294 e. The summed E-state index contributed by atoms with van der Waals surface area (Å²) in [5, 5.41) is 0. The third-order valence-corrected chi connectivity index (χ3v) is 2.48. The molecule has 12 heavy (non-hydrogen) atoms. The van der Waals surface area contributed by atoms with Gasteiger partial charge in [0.15, 0.2) is 0 Å². The summed E-state index contributed by atoms with van der Waals surface area (Å²) in [6.45, 7) is 4.26. The second-order valence-corrected chi connectivity index (χ2v) is 3.56. The Labute approximate surface area is 78.2 Å². The maximum absolute atomic E-state index is 11.2. The highest BCUT2D eigenvalue weighted by molar-refractivity contribution is 6.05. The number of carbonyl (C=O) groups excluding carboxylic acids is 1. The van der Waals surface area contributed by atoms with E-state index in [1.807, 2.05) is 0 Å². The van der Waals surface area contributed by atoms with Gasteiger partial charge in [-0.2, -0.15) is 0 Å². The minimum absolute atomic E-state index is 0.0250. The maximum atomic E-state index is 11.2. The van der Waals surface area contributed by atoms with E-state index < -0.39 is 0 Å². The van der Waals surface area contributed by atoms with Crippen molar-refractivity contribution in [3.05, 3.63) is 0 Å². The Morgan fingerprint density at radius 1 is 1.33 bits per heavy atom. The van der Waals surface area contributed by atoms with Gasteiger partial charge in [-0.05, 0) is 12.8 Å². The van der Waals surface area contributed by atoms with E-state index in [9.17, 15) is 4.79 Å². The monoisotopic (exact) mass is 188 g/mol. The van der Waals surface area contributed by atoms with Crippen molar-refractivity contribution < 1.29 is 9.22 Å². The Morgan fingerprint density at radius 3 is 2.42 bits per heavy atom. The van der Waals surface area contributed by atoms with Crippen LogP contribution in [0.15, 0.2) is 0 Å². The van der Waals surface area contributed by atoms with Gasteiger partial charge in [0.25, 0.3) is 5.97 Å². The highest BCUT2D eigenvalue weighted by atomic mass is 28.2. The molecule has 0 aliphatic heterocycles. The summed E-state index contributed by atoms with van der Waals surface area (Å²) >= 11 is 0. The molecule has 0 aromatic heterocycles. The lowest BCUT2D eigenvalue weighted by molar-refractivity contribution is -0.139. The number of hydrogen-bond acceptors (Lipinski definition) is 2. The van der Waals surface area contributed by atoms with Crippen LogP contribution in [-0.2, 0) is 9.22 Å². The summed E-state index contributed by atoms with van der Waals surface area (Å²) in [4.78, 5) is 11.2. The SMILES string of the molecule is CCCCC(CCC)C(=O)O[SiH3]. The molecule has 72 valence electrons. The van der Waals surface area contributed by atoms with Crippen molar-refractivity contribution in [3.8, 4) is 0 Å². The average molecular weight is 188 g/mol. The second kappa shape index (κ2) is 7.34. The van der Waals surface area contributed by atoms with Gasteiger partial charge in [-0.15, -0.1) is 0 Å². The van der Waals surface area contributed by atoms with E-state index in [2.05, 4.69) is 13.8 Å². The van der Waals surface area contributed by atoms with Crippen molar-refractivity contribution in [1.29, 1.82) is 0 Å². The molecule has 0 aromatic rings. The van der Waals surface area contributed by atoms with Crippen LogP contribution in [0.1, 0.15) is 46.0 Å². The molecule has 0 rings (SSSR count). The number of unbranched alkanes of at least 4 members (excludes halogenated alkanes) is 1. The van der Waals surface area contributed by atoms with Crippen molar-refractivity contribution in [2.24, 2.45) is 5.92 Å². The van der Waals surface area contributed by atoms with Gasteiger partial charge in [0.05, 0.1) is 5.92 Å². The number of rotatable bonds is 6. The smallest absolute Gasteiger partial charge is 0.294 e. The first kappa shape index (κ1) is 11.7. The zero-order chi connectivity index (χ0) is 9.40. The molecular weight excluding hydrogens is 168 g/mol. The van der Waals surface area contributed by atoms with Crippen molar-refractivity contribution >= 4 is 16.5 Å². The first-order valence-corrected chi connectivity index (χ1v) is 5.65. The van der Waals surface area contributed by atoms with E-state index >= 15 is 0 Å². The first-order valence-electron chi connectivity index (χ1n) is 4.84. The third kappa shape index (κ3) is 4.54. The molecular formula is C9H20O2Si. The Morgan fingerprint density at radius 2 is 2.00 bits per heavy atom. The van der Waals surface area contributed by atoms with Crippen molar-refractivity contribution in [1.82, 2.24) is 0 Å². The molecule has 0 radical (unpaired) electrons. The zero-order valence-electron chi connectivity index (χ0n) is 8.43. The van der Waals surface area contributed by atoms with Gasteiger partial charge in [-0.3, -0.25) is 4.79 Å². The molecule has 0 N–H and O–H groups in total. The van der Waals surface area contributed by atoms with Crippen LogP contribution in [0.5, 0.6) is 0 Å². The summed E-state index contributed by atoms with van der Waals surface area (Å²) in [6, 6.07) is 0. The minimum Gasteiger partial charge on any atom is -0.529 e. The fraction of sp³-hybridized carbons (Fsp3) is 0.889. The van der Waals surface area contributed by atoms with Crippen molar-refractivity contribution in [2.75, 3.05) is 0 Å². The average Bonchev–Trinajstić information content (AvgIpc) is 2.11. The summed E-state index contributed by atoms with van der Waals surface area (Å²) in [6.07, 6.45) is 5.37. The molecule has 0 aliphatic rings. The minimum atomic E-state index is 0.0250. The molecule has 3 heteroatoms. The van der Waals surface area contributed by atoms with Crippen molar-refractivity contribution in [2.45, 2.75) is 46.0 Å². The molecule has 0 saturated carbocycles. The molecule has 0 aliphatic carbocycles. The first-order chi connectivity index (χ1) is 5.76. The molecule has 2 nitrogen and oxygen atoms in total. The van der Waals surface area contributed by atoms with Gasteiger partial charge in [-0.1, -0.05) is 33.1 Å². The van der Waals surface area contributed by atoms with Crippen LogP contribution in [0.3, 0.4) is 0 Å². The summed E-state index contributed by atoms with van der Waals surface area (Å²) in [5.74, 6) is 0.199. The fourth-order valence-corrected chi connectivity index (χ4v) is 1.68. The van der Waals surface area contributed by atoms with Gasteiger partial charge in [0.1, 0.15) is 0 Å². The predicted octanol–water partition coefficient (Wildman–Crippen LogP) is 1.42. The lowest BCUT2D eigenvalue weighted by Gasteiger charge is -2.12. The molecule has 0 aromatic carbocycles. The van der Waals surface area contributed by atoms with Crippen LogP contribution < -0.4 is 0 Å². The lowest BCUT2D eigenvalue weighted by atomic mass is 9.97. The number of carbonyl (C=O) groups is 1.